The summed E-state index contributed by atoms with van der Waals surface area (Å²) in [6, 6.07) is 12.8. The van der Waals surface area contributed by atoms with Crippen LogP contribution in [-0.4, -0.2) is 37.4 Å². The van der Waals surface area contributed by atoms with Crippen molar-refractivity contribution < 1.29 is 13.2 Å². The second-order valence-electron chi connectivity index (χ2n) is 6.37. The summed E-state index contributed by atoms with van der Waals surface area (Å²) in [7, 11) is -3.73. The summed E-state index contributed by atoms with van der Waals surface area (Å²) in [5.41, 5.74) is 4.19. The number of amides is 1. The molecule has 142 valence electrons. The van der Waals surface area contributed by atoms with E-state index in [0.717, 1.165) is 11.1 Å². The summed E-state index contributed by atoms with van der Waals surface area (Å²) in [4.78, 5) is 12.7. The van der Waals surface area contributed by atoms with Crippen LogP contribution in [0.2, 0.25) is 5.02 Å². The van der Waals surface area contributed by atoms with Crippen molar-refractivity contribution in [1.29, 1.82) is 0 Å². The predicted octanol–water partition coefficient (Wildman–Crippen LogP) is 2.95. The summed E-state index contributed by atoms with van der Waals surface area (Å²) >= 11 is 5.82. The number of carbonyl (C=O) groups excluding carboxylic acids is 1. The van der Waals surface area contributed by atoms with Gasteiger partial charge in [0.2, 0.25) is 10.0 Å². The van der Waals surface area contributed by atoms with Gasteiger partial charge in [0.05, 0.1) is 11.1 Å². The smallest absolute Gasteiger partial charge is 0.258 e. The van der Waals surface area contributed by atoms with Crippen molar-refractivity contribution in [3.8, 4) is 0 Å². The predicted molar refractivity (Wildman–Crippen MR) is 105 cm³/mol. The molecule has 1 aliphatic heterocycles. The molecule has 0 radical (unpaired) electrons. The third-order valence-corrected chi connectivity index (χ3v) is 6.57. The zero-order valence-corrected chi connectivity index (χ0v) is 16.4. The van der Waals surface area contributed by atoms with Gasteiger partial charge in [0.25, 0.3) is 5.91 Å². The van der Waals surface area contributed by atoms with Gasteiger partial charge in [-0.2, -0.15) is 9.41 Å². The number of nitrogens with one attached hydrogen (secondary N) is 1. The molecule has 6 nitrogen and oxygen atoms in total. The van der Waals surface area contributed by atoms with E-state index in [1.165, 1.54) is 10.5 Å². The monoisotopic (exact) mass is 405 g/mol. The number of carbonyl (C=O) groups is 1. The molecule has 1 amide bonds. The Balaban J connectivity index is 1.70. The van der Waals surface area contributed by atoms with Crippen molar-refractivity contribution in [3.63, 3.8) is 0 Å². The zero-order valence-electron chi connectivity index (χ0n) is 14.8. The van der Waals surface area contributed by atoms with Gasteiger partial charge in [-0.05, 0) is 49.6 Å². The Morgan fingerprint density at radius 3 is 2.52 bits per heavy atom. The first kappa shape index (κ1) is 19.5. The van der Waals surface area contributed by atoms with E-state index < -0.39 is 22.0 Å². The van der Waals surface area contributed by atoms with E-state index in [1.54, 1.807) is 48.5 Å². The molecule has 0 spiro atoms. The molecule has 0 bridgehead atoms. The summed E-state index contributed by atoms with van der Waals surface area (Å²) in [5, 5.41) is 4.54. The third kappa shape index (κ3) is 4.55. The SMILES string of the molecule is Cc1ccc(S(=O)(=O)N2CCCC2C(=O)NN=Cc2ccc(Cl)cc2)cc1. The molecule has 1 atom stereocenters. The molecule has 2 aromatic rings. The molecule has 8 heteroatoms. The highest BCUT2D eigenvalue weighted by atomic mass is 35.5. The Kier molecular flexibility index (Phi) is 5.94. The maximum atomic E-state index is 12.9. The average Bonchev–Trinajstić information content (AvgIpc) is 3.14. The molecule has 1 heterocycles. The van der Waals surface area contributed by atoms with Crippen molar-refractivity contribution in [2.75, 3.05) is 6.54 Å². The highest BCUT2D eigenvalue weighted by Gasteiger charge is 2.39. The standard InChI is InChI=1S/C19H20ClN3O3S/c1-14-4-10-17(11-5-14)27(25,26)23-12-2-3-18(23)19(24)22-21-13-15-6-8-16(20)9-7-15/h4-11,13,18H,2-3,12H2,1H3,(H,22,24). The molecule has 1 unspecified atom stereocenters. The van der Waals surface area contributed by atoms with Crippen molar-refractivity contribution in [1.82, 2.24) is 9.73 Å². The number of hydrogen-bond donors (Lipinski definition) is 1. The number of benzene rings is 2. The molecule has 3 rings (SSSR count). The van der Waals surface area contributed by atoms with E-state index in [4.69, 9.17) is 11.6 Å². The number of nitrogens with zero attached hydrogens (tertiary/aromatic N) is 2. The van der Waals surface area contributed by atoms with Gasteiger partial charge in [0, 0.05) is 11.6 Å². The summed E-state index contributed by atoms with van der Waals surface area (Å²) < 4.78 is 27.0. The van der Waals surface area contributed by atoms with Crippen LogP contribution in [0.3, 0.4) is 0 Å². The molecule has 27 heavy (non-hydrogen) atoms. The Labute approximate surface area is 163 Å². The zero-order chi connectivity index (χ0) is 19.4. The van der Waals surface area contributed by atoms with Crippen LogP contribution < -0.4 is 5.43 Å². The Hall–Kier alpha value is -2.22. The molecule has 1 aliphatic rings. The first-order valence-electron chi connectivity index (χ1n) is 8.55. The topological polar surface area (TPSA) is 78.8 Å². The minimum Gasteiger partial charge on any atom is -0.271 e. The van der Waals surface area contributed by atoms with Crippen LogP contribution in [0.4, 0.5) is 0 Å². The molecule has 0 saturated carbocycles. The molecule has 1 saturated heterocycles. The van der Waals surface area contributed by atoms with Gasteiger partial charge in [0.1, 0.15) is 6.04 Å². The van der Waals surface area contributed by atoms with Gasteiger partial charge in [-0.1, -0.05) is 41.4 Å². The maximum absolute atomic E-state index is 12.9. The average molecular weight is 406 g/mol. The lowest BCUT2D eigenvalue weighted by molar-refractivity contribution is -0.124. The number of aryl methyl sites for hydroxylation is 1. The van der Waals surface area contributed by atoms with Gasteiger partial charge < -0.3 is 0 Å². The van der Waals surface area contributed by atoms with E-state index in [0.29, 0.717) is 24.4 Å². The van der Waals surface area contributed by atoms with Gasteiger partial charge in [-0.25, -0.2) is 13.8 Å². The number of hydrazone groups is 1. The highest BCUT2D eigenvalue weighted by Crippen LogP contribution is 2.26. The number of rotatable bonds is 5. The number of sulfonamides is 1. The van der Waals surface area contributed by atoms with Crippen LogP contribution in [0.15, 0.2) is 58.5 Å². The van der Waals surface area contributed by atoms with E-state index in [9.17, 15) is 13.2 Å². The molecule has 0 aromatic heterocycles. The van der Waals surface area contributed by atoms with Gasteiger partial charge >= 0.3 is 0 Å². The van der Waals surface area contributed by atoms with Gasteiger partial charge in [-0.3, -0.25) is 4.79 Å². The van der Waals surface area contributed by atoms with Crippen molar-refractivity contribution >= 4 is 33.7 Å². The summed E-state index contributed by atoms with van der Waals surface area (Å²) in [6.07, 6.45) is 2.58. The van der Waals surface area contributed by atoms with Crippen molar-refractivity contribution in [2.24, 2.45) is 5.10 Å². The molecule has 0 aliphatic carbocycles. The lowest BCUT2D eigenvalue weighted by Gasteiger charge is -2.22. The lowest BCUT2D eigenvalue weighted by atomic mass is 10.2. The fourth-order valence-electron chi connectivity index (χ4n) is 2.93. The second-order valence-corrected chi connectivity index (χ2v) is 8.70. The second kappa shape index (κ2) is 8.21. The summed E-state index contributed by atoms with van der Waals surface area (Å²) in [5.74, 6) is -0.437. The first-order valence-corrected chi connectivity index (χ1v) is 10.4. The molecule has 1 N–H and O–H groups in total. The van der Waals surface area contributed by atoms with Crippen molar-refractivity contribution in [3.05, 3.63) is 64.7 Å². The Morgan fingerprint density at radius 1 is 1.19 bits per heavy atom. The molecule has 1 fully saturated rings. The van der Waals surface area contributed by atoms with Crippen LogP contribution in [0.5, 0.6) is 0 Å². The van der Waals surface area contributed by atoms with Crippen LogP contribution in [-0.2, 0) is 14.8 Å². The lowest BCUT2D eigenvalue weighted by Crippen LogP contribution is -2.44. The van der Waals surface area contributed by atoms with Crippen LogP contribution in [0.1, 0.15) is 24.0 Å². The molecular formula is C19H20ClN3O3S. The van der Waals surface area contributed by atoms with Gasteiger partial charge in [0.15, 0.2) is 0 Å². The molecular weight excluding hydrogens is 386 g/mol. The fourth-order valence-corrected chi connectivity index (χ4v) is 4.71. The van der Waals surface area contributed by atoms with E-state index in [2.05, 4.69) is 10.5 Å². The molecule has 2 aromatic carbocycles. The Morgan fingerprint density at radius 2 is 1.85 bits per heavy atom. The van der Waals surface area contributed by atoms with Crippen LogP contribution >= 0.6 is 11.6 Å². The number of halogens is 1. The van der Waals surface area contributed by atoms with Crippen molar-refractivity contribution in [2.45, 2.75) is 30.7 Å². The van der Waals surface area contributed by atoms with Crippen LogP contribution in [0, 0.1) is 6.92 Å². The largest absolute Gasteiger partial charge is 0.271 e. The normalized spacial score (nSPS) is 18.1. The minimum absolute atomic E-state index is 0.192. The van der Waals surface area contributed by atoms with Crippen LogP contribution in [0.25, 0.3) is 0 Å². The first-order chi connectivity index (χ1) is 12.9. The minimum atomic E-state index is -3.73. The van der Waals surface area contributed by atoms with E-state index >= 15 is 0 Å². The quantitative estimate of drug-likeness (QED) is 0.613. The van der Waals surface area contributed by atoms with E-state index in [1.807, 2.05) is 6.92 Å². The fraction of sp³-hybridized carbons (Fsp3) is 0.263. The van der Waals surface area contributed by atoms with Gasteiger partial charge in [-0.15, -0.1) is 0 Å². The highest BCUT2D eigenvalue weighted by molar-refractivity contribution is 7.89. The maximum Gasteiger partial charge on any atom is 0.258 e. The summed E-state index contributed by atoms with van der Waals surface area (Å²) in [6.45, 7) is 2.20. The number of hydrogen-bond acceptors (Lipinski definition) is 4. The third-order valence-electron chi connectivity index (χ3n) is 4.39. The Bertz CT molecular complexity index is 941. The van der Waals surface area contributed by atoms with E-state index in [-0.39, 0.29) is 4.90 Å².